The summed E-state index contributed by atoms with van der Waals surface area (Å²) in [5.41, 5.74) is 1.43. The van der Waals surface area contributed by atoms with Crippen LogP contribution in [0.15, 0.2) is 22.9 Å². The molecule has 1 amide bonds. The lowest BCUT2D eigenvalue weighted by atomic mass is 9.93. The van der Waals surface area contributed by atoms with Crippen LogP contribution < -0.4 is 9.64 Å². The van der Waals surface area contributed by atoms with E-state index in [4.69, 9.17) is 25.8 Å². The molecule has 0 N–H and O–H groups in total. The first-order chi connectivity index (χ1) is 14.2. The highest BCUT2D eigenvalue weighted by Gasteiger charge is 2.35. The summed E-state index contributed by atoms with van der Waals surface area (Å²) >= 11 is 9.92. The molecule has 0 radical (unpaired) electrons. The van der Waals surface area contributed by atoms with E-state index in [1.54, 1.807) is 12.1 Å². The predicted molar refractivity (Wildman–Crippen MR) is 117 cm³/mol. The number of fused-ring (bicyclic) bond motifs is 2. The van der Waals surface area contributed by atoms with Gasteiger partial charge in [-0.15, -0.1) is 0 Å². The van der Waals surface area contributed by atoms with Gasteiger partial charge in [-0.1, -0.05) is 27.5 Å². The summed E-state index contributed by atoms with van der Waals surface area (Å²) in [6.45, 7) is 7.03. The number of hydrogen-bond donors (Lipinski definition) is 0. The van der Waals surface area contributed by atoms with Gasteiger partial charge in [-0.2, -0.15) is 0 Å². The van der Waals surface area contributed by atoms with Crippen molar-refractivity contribution in [3.8, 4) is 5.75 Å². The lowest BCUT2D eigenvalue weighted by Crippen LogP contribution is -2.35. The van der Waals surface area contributed by atoms with Gasteiger partial charge in [-0.25, -0.2) is 19.7 Å². The van der Waals surface area contributed by atoms with Crippen LogP contribution in [0.25, 0.3) is 0 Å². The second-order valence-corrected chi connectivity index (χ2v) is 9.61. The first-order valence-corrected chi connectivity index (χ1v) is 11.0. The SMILES string of the molecule is CC(C)(C)OC(=O)N1c2cc(Br)cc(Cl)c2OCc2c(C3CCOCC3)ncnc21. The molecule has 3 heterocycles. The van der Waals surface area contributed by atoms with E-state index in [9.17, 15) is 4.79 Å². The number of ether oxygens (including phenoxy) is 3. The Morgan fingerprint density at radius 3 is 2.70 bits per heavy atom. The summed E-state index contributed by atoms with van der Waals surface area (Å²) in [4.78, 5) is 23.8. The highest BCUT2D eigenvalue weighted by atomic mass is 79.9. The van der Waals surface area contributed by atoms with Crippen LogP contribution >= 0.6 is 27.5 Å². The van der Waals surface area contributed by atoms with Crippen LogP contribution in [0.5, 0.6) is 5.75 Å². The van der Waals surface area contributed by atoms with E-state index in [0.29, 0.717) is 40.0 Å². The minimum absolute atomic E-state index is 0.205. The molecule has 30 heavy (non-hydrogen) atoms. The van der Waals surface area contributed by atoms with Gasteiger partial charge in [0.25, 0.3) is 0 Å². The van der Waals surface area contributed by atoms with Crippen LogP contribution in [0.4, 0.5) is 16.3 Å². The average Bonchev–Trinajstić information content (AvgIpc) is 2.84. The first kappa shape index (κ1) is 21.3. The second kappa shape index (κ2) is 8.32. The molecule has 1 aromatic carbocycles. The zero-order valence-electron chi connectivity index (χ0n) is 17.1. The average molecular weight is 497 g/mol. The Morgan fingerprint density at radius 2 is 2.00 bits per heavy atom. The summed E-state index contributed by atoms with van der Waals surface area (Å²) in [6.07, 6.45) is 2.65. The van der Waals surface area contributed by atoms with Gasteiger partial charge in [0.15, 0.2) is 11.6 Å². The van der Waals surface area contributed by atoms with Gasteiger partial charge in [0.05, 0.1) is 22.0 Å². The summed E-state index contributed by atoms with van der Waals surface area (Å²) in [5, 5.41) is 0.390. The Kier molecular flexibility index (Phi) is 5.92. The molecule has 0 bridgehead atoms. The molecule has 2 aliphatic heterocycles. The number of aromatic nitrogens is 2. The molecule has 1 fully saturated rings. The Hall–Kier alpha value is -1.90. The molecule has 2 aliphatic rings. The minimum Gasteiger partial charge on any atom is -0.485 e. The Labute approximate surface area is 188 Å². The first-order valence-electron chi connectivity index (χ1n) is 9.81. The zero-order valence-corrected chi connectivity index (χ0v) is 19.4. The number of halogens is 2. The molecular weight excluding hydrogens is 474 g/mol. The van der Waals surface area contributed by atoms with E-state index in [-0.39, 0.29) is 12.5 Å². The van der Waals surface area contributed by atoms with Gasteiger partial charge >= 0.3 is 6.09 Å². The maximum absolute atomic E-state index is 13.3. The van der Waals surface area contributed by atoms with Crippen molar-refractivity contribution in [3.05, 3.63) is 39.2 Å². The van der Waals surface area contributed by atoms with Crippen LogP contribution in [-0.2, 0) is 16.1 Å². The number of nitrogens with zero attached hydrogens (tertiary/aromatic N) is 3. The smallest absolute Gasteiger partial charge is 0.420 e. The Bertz CT molecular complexity index is 973. The summed E-state index contributed by atoms with van der Waals surface area (Å²) in [5.74, 6) is 1.07. The number of hydrogen-bond acceptors (Lipinski definition) is 6. The Morgan fingerprint density at radius 1 is 1.27 bits per heavy atom. The van der Waals surface area contributed by atoms with Crippen molar-refractivity contribution in [2.24, 2.45) is 0 Å². The van der Waals surface area contributed by atoms with E-state index >= 15 is 0 Å². The van der Waals surface area contributed by atoms with Crippen LogP contribution in [-0.4, -0.2) is 34.9 Å². The van der Waals surface area contributed by atoms with Crippen LogP contribution in [0.2, 0.25) is 5.02 Å². The van der Waals surface area contributed by atoms with Crippen LogP contribution in [0.1, 0.15) is 50.8 Å². The van der Waals surface area contributed by atoms with Crippen molar-refractivity contribution in [2.45, 2.75) is 51.7 Å². The van der Waals surface area contributed by atoms with Crippen molar-refractivity contribution < 1.29 is 19.0 Å². The number of benzene rings is 1. The molecule has 1 saturated heterocycles. The molecular formula is C21H23BrClN3O4. The number of rotatable bonds is 1. The lowest BCUT2D eigenvalue weighted by Gasteiger charge is -2.28. The third kappa shape index (κ3) is 4.26. The molecule has 9 heteroatoms. The maximum Gasteiger partial charge on any atom is 0.420 e. The van der Waals surface area contributed by atoms with Crippen molar-refractivity contribution in [1.29, 1.82) is 0 Å². The minimum atomic E-state index is -0.684. The van der Waals surface area contributed by atoms with Crippen molar-refractivity contribution >= 4 is 45.1 Å². The largest absolute Gasteiger partial charge is 0.485 e. The van der Waals surface area contributed by atoms with Gasteiger partial charge in [0.1, 0.15) is 18.5 Å². The van der Waals surface area contributed by atoms with Gasteiger partial charge in [0.2, 0.25) is 0 Å². The van der Waals surface area contributed by atoms with E-state index < -0.39 is 11.7 Å². The number of carbonyl (C=O) groups excluding carboxylic acids is 1. The lowest BCUT2D eigenvalue weighted by molar-refractivity contribution is 0.0597. The number of anilines is 2. The van der Waals surface area contributed by atoms with E-state index in [2.05, 4.69) is 25.9 Å². The molecule has 0 saturated carbocycles. The molecule has 0 atom stereocenters. The van der Waals surface area contributed by atoms with Crippen molar-refractivity contribution in [3.63, 3.8) is 0 Å². The Balaban J connectivity index is 1.88. The summed E-state index contributed by atoms with van der Waals surface area (Å²) in [7, 11) is 0. The van der Waals surface area contributed by atoms with Crippen molar-refractivity contribution in [1.82, 2.24) is 9.97 Å². The highest BCUT2D eigenvalue weighted by molar-refractivity contribution is 9.10. The molecule has 0 aliphatic carbocycles. The normalized spacial score (nSPS) is 16.9. The molecule has 7 nitrogen and oxygen atoms in total. The molecule has 4 rings (SSSR count). The molecule has 0 spiro atoms. The fourth-order valence-electron chi connectivity index (χ4n) is 3.68. The monoisotopic (exact) mass is 495 g/mol. The van der Waals surface area contributed by atoms with Gasteiger partial charge in [0, 0.05) is 23.6 Å². The van der Waals surface area contributed by atoms with Gasteiger partial charge in [-0.3, -0.25) is 0 Å². The second-order valence-electron chi connectivity index (χ2n) is 8.29. The van der Waals surface area contributed by atoms with E-state index in [1.807, 2.05) is 20.8 Å². The molecule has 1 aromatic heterocycles. The number of carbonyl (C=O) groups is 1. The topological polar surface area (TPSA) is 73.8 Å². The van der Waals surface area contributed by atoms with E-state index in [1.165, 1.54) is 11.2 Å². The summed E-state index contributed by atoms with van der Waals surface area (Å²) < 4.78 is 18.0. The standard InChI is InChI=1S/C21H23BrClN3O4/c1-21(2,3)30-20(27)26-16-9-13(22)8-15(23)18(16)29-10-14-17(24-11-25-19(14)26)12-4-6-28-7-5-12/h8-9,11-12H,4-7,10H2,1-3H3. The van der Waals surface area contributed by atoms with Crippen LogP contribution in [0, 0.1) is 0 Å². The third-order valence-corrected chi connectivity index (χ3v) is 5.68. The predicted octanol–water partition coefficient (Wildman–Crippen LogP) is 5.75. The van der Waals surface area contributed by atoms with E-state index in [0.717, 1.165) is 24.1 Å². The number of amides is 1. The zero-order chi connectivity index (χ0) is 21.5. The van der Waals surface area contributed by atoms with Crippen LogP contribution in [0.3, 0.4) is 0 Å². The fraction of sp³-hybridized carbons (Fsp3) is 0.476. The quantitative estimate of drug-likeness (QED) is 0.500. The van der Waals surface area contributed by atoms with Crippen molar-refractivity contribution in [2.75, 3.05) is 18.1 Å². The maximum atomic E-state index is 13.3. The highest BCUT2D eigenvalue weighted by Crippen LogP contribution is 2.46. The fourth-order valence-corrected chi connectivity index (χ4v) is 4.52. The summed E-state index contributed by atoms with van der Waals surface area (Å²) in [6, 6.07) is 3.51. The third-order valence-electron chi connectivity index (χ3n) is 4.94. The van der Waals surface area contributed by atoms with Gasteiger partial charge in [-0.05, 0) is 45.7 Å². The molecule has 160 valence electrons. The van der Waals surface area contributed by atoms with Gasteiger partial charge < -0.3 is 14.2 Å². The molecule has 2 aromatic rings. The molecule has 0 unspecified atom stereocenters.